The summed E-state index contributed by atoms with van der Waals surface area (Å²) in [5.41, 5.74) is 0.993. The van der Waals surface area contributed by atoms with Crippen molar-refractivity contribution in [2.45, 2.75) is 0 Å². The molecule has 0 spiro atoms. The molecule has 0 unspecified atom stereocenters. The lowest BCUT2D eigenvalue weighted by atomic mass is 10.2. The van der Waals surface area contributed by atoms with E-state index in [-0.39, 0.29) is 11.0 Å². The molecule has 0 aliphatic carbocycles. The average molecular weight is 385 g/mol. The zero-order chi connectivity index (χ0) is 17.7. The molecule has 0 saturated carbocycles. The summed E-state index contributed by atoms with van der Waals surface area (Å²) in [6.07, 6.45) is 0. The number of ether oxygens (including phenoxy) is 2. The Morgan fingerprint density at radius 3 is 2.33 bits per heavy atom. The molecule has 0 bridgehead atoms. The predicted octanol–water partition coefficient (Wildman–Crippen LogP) is 4.14. The van der Waals surface area contributed by atoms with Crippen molar-refractivity contribution in [3.05, 3.63) is 52.0 Å². The van der Waals surface area contributed by atoms with E-state index in [4.69, 9.17) is 44.9 Å². The van der Waals surface area contributed by atoms with Crippen LogP contribution in [0.1, 0.15) is 10.4 Å². The number of hydrogen-bond donors (Lipinski definition) is 2. The Balaban J connectivity index is 2.05. The fourth-order valence-corrected chi connectivity index (χ4v) is 2.40. The van der Waals surface area contributed by atoms with Gasteiger partial charge in [0.2, 0.25) is 0 Å². The van der Waals surface area contributed by atoms with Gasteiger partial charge < -0.3 is 14.8 Å². The van der Waals surface area contributed by atoms with Gasteiger partial charge in [-0.3, -0.25) is 10.1 Å². The highest BCUT2D eigenvalue weighted by Crippen LogP contribution is 2.27. The third-order valence-electron chi connectivity index (χ3n) is 3.05. The third kappa shape index (κ3) is 4.50. The van der Waals surface area contributed by atoms with Gasteiger partial charge in [0.25, 0.3) is 5.91 Å². The number of amides is 1. The van der Waals surface area contributed by atoms with Crippen molar-refractivity contribution in [1.29, 1.82) is 0 Å². The molecule has 0 aromatic heterocycles. The third-order valence-corrected chi connectivity index (χ3v) is 3.99. The fourth-order valence-electron chi connectivity index (χ4n) is 1.89. The van der Waals surface area contributed by atoms with Gasteiger partial charge in [0.1, 0.15) is 0 Å². The molecule has 0 aliphatic heterocycles. The minimum absolute atomic E-state index is 0.133. The average Bonchev–Trinajstić information content (AvgIpc) is 2.57. The largest absolute Gasteiger partial charge is 0.493 e. The van der Waals surface area contributed by atoms with Gasteiger partial charge in [-0.15, -0.1) is 0 Å². The number of benzene rings is 2. The van der Waals surface area contributed by atoms with Crippen molar-refractivity contribution < 1.29 is 14.3 Å². The summed E-state index contributed by atoms with van der Waals surface area (Å²) < 4.78 is 10.3. The van der Waals surface area contributed by atoms with Crippen LogP contribution in [0.25, 0.3) is 0 Å². The summed E-state index contributed by atoms with van der Waals surface area (Å²) in [7, 11) is 3.02. The van der Waals surface area contributed by atoms with E-state index >= 15 is 0 Å². The molecule has 8 heteroatoms. The number of anilines is 1. The van der Waals surface area contributed by atoms with Crippen LogP contribution in [0.2, 0.25) is 10.0 Å². The van der Waals surface area contributed by atoms with Crippen molar-refractivity contribution in [2.75, 3.05) is 19.5 Å². The lowest BCUT2D eigenvalue weighted by Crippen LogP contribution is -2.34. The van der Waals surface area contributed by atoms with E-state index in [1.165, 1.54) is 14.2 Å². The normalized spacial score (nSPS) is 10.0. The van der Waals surface area contributed by atoms with E-state index in [1.54, 1.807) is 36.4 Å². The molecule has 2 N–H and O–H groups in total. The standard InChI is InChI=1S/C16H14Cl2N2O3S/c1-22-13-6-3-9(7-14(13)23-2)15(21)20-16(24)19-10-4-5-11(17)12(18)8-10/h3-8H,1-2H3,(H2,19,20,21,24). The number of halogens is 2. The summed E-state index contributed by atoms with van der Waals surface area (Å²) in [6, 6.07) is 9.75. The number of carbonyl (C=O) groups is 1. The Labute approximate surface area is 154 Å². The van der Waals surface area contributed by atoms with Gasteiger partial charge in [0.15, 0.2) is 16.6 Å². The molecule has 24 heavy (non-hydrogen) atoms. The molecule has 2 rings (SSSR count). The topological polar surface area (TPSA) is 59.6 Å². The molecular weight excluding hydrogens is 371 g/mol. The summed E-state index contributed by atoms with van der Waals surface area (Å²) in [6.45, 7) is 0. The summed E-state index contributed by atoms with van der Waals surface area (Å²) >= 11 is 16.9. The second-order valence-corrected chi connectivity index (χ2v) is 5.83. The van der Waals surface area contributed by atoms with E-state index in [2.05, 4.69) is 10.6 Å². The Morgan fingerprint density at radius 1 is 1.00 bits per heavy atom. The van der Waals surface area contributed by atoms with Crippen molar-refractivity contribution in [3.8, 4) is 11.5 Å². The van der Waals surface area contributed by atoms with Crippen LogP contribution in [0.15, 0.2) is 36.4 Å². The first-order valence-corrected chi connectivity index (χ1v) is 7.90. The molecular formula is C16H14Cl2N2O3S. The second-order valence-electron chi connectivity index (χ2n) is 4.61. The van der Waals surface area contributed by atoms with E-state index in [0.29, 0.717) is 32.8 Å². The minimum Gasteiger partial charge on any atom is -0.493 e. The van der Waals surface area contributed by atoms with Gasteiger partial charge in [-0.2, -0.15) is 0 Å². The van der Waals surface area contributed by atoms with Crippen LogP contribution < -0.4 is 20.1 Å². The predicted molar refractivity (Wildman–Crippen MR) is 99.7 cm³/mol. The zero-order valence-corrected chi connectivity index (χ0v) is 15.2. The molecule has 5 nitrogen and oxygen atoms in total. The number of rotatable bonds is 4. The zero-order valence-electron chi connectivity index (χ0n) is 12.9. The molecule has 0 radical (unpaired) electrons. The first-order chi connectivity index (χ1) is 11.4. The number of nitrogens with one attached hydrogen (secondary N) is 2. The van der Waals surface area contributed by atoms with Gasteiger partial charge in [-0.25, -0.2) is 0 Å². The molecule has 2 aromatic rings. The molecule has 0 heterocycles. The number of hydrogen-bond acceptors (Lipinski definition) is 4. The first kappa shape index (κ1) is 18.3. The van der Waals surface area contributed by atoms with Crippen LogP contribution >= 0.6 is 35.4 Å². The van der Waals surface area contributed by atoms with Gasteiger partial charge in [-0.1, -0.05) is 23.2 Å². The van der Waals surface area contributed by atoms with Crippen molar-refractivity contribution in [2.24, 2.45) is 0 Å². The molecule has 0 fully saturated rings. The van der Waals surface area contributed by atoms with Crippen LogP contribution in [-0.2, 0) is 0 Å². The van der Waals surface area contributed by atoms with E-state index in [1.807, 2.05) is 0 Å². The lowest BCUT2D eigenvalue weighted by Gasteiger charge is -2.12. The molecule has 1 amide bonds. The molecule has 0 aliphatic rings. The smallest absolute Gasteiger partial charge is 0.257 e. The maximum absolute atomic E-state index is 12.3. The summed E-state index contributed by atoms with van der Waals surface area (Å²) in [5, 5.41) is 6.39. The van der Waals surface area contributed by atoms with Gasteiger partial charge >= 0.3 is 0 Å². The highest BCUT2D eigenvalue weighted by Gasteiger charge is 2.12. The number of thiocarbonyl (C=S) groups is 1. The highest BCUT2D eigenvalue weighted by molar-refractivity contribution is 7.80. The van der Waals surface area contributed by atoms with Crippen LogP contribution in [0.4, 0.5) is 5.69 Å². The van der Waals surface area contributed by atoms with E-state index < -0.39 is 0 Å². The van der Waals surface area contributed by atoms with Crippen LogP contribution in [0, 0.1) is 0 Å². The van der Waals surface area contributed by atoms with Gasteiger partial charge in [0, 0.05) is 11.3 Å². The van der Waals surface area contributed by atoms with Crippen molar-refractivity contribution in [1.82, 2.24) is 5.32 Å². The van der Waals surface area contributed by atoms with Crippen molar-refractivity contribution >= 4 is 52.1 Å². The maximum atomic E-state index is 12.3. The van der Waals surface area contributed by atoms with Crippen LogP contribution in [0.3, 0.4) is 0 Å². The quantitative estimate of drug-likeness (QED) is 0.775. The number of methoxy groups -OCH3 is 2. The first-order valence-electron chi connectivity index (χ1n) is 6.74. The van der Waals surface area contributed by atoms with E-state index in [9.17, 15) is 4.79 Å². The number of carbonyl (C=O) groups excluding carboxylic acids is 1. The van der Waals surface area contributed by atoms with Gasteiger partial charge in [0.05, 0.1) is 24.3 Å². The van der Waals surface area contributed by atoms with Gasteiger partial charge in [-0.05, 0) is 48.6 Å². The highest BCUT2D eigenvalue weighted by atomic mass is 35.5. The van der Waals surface area contributed by atoms with Crippen molar-refractivity contribution in [3.63, 3.8) is 0 Å². The molecule has 0 atom stereocenters. The monoisotopic (exact) mass is 384 g/mol. The lowest BCUT2D eigenvalue weighted by molar-refractivity contribution is 0.0977. The second kappa shape index (κ2) is 8.19. The maximum Gasteiger partial charge on any atom is 0.257 e. The van der Waals surface area contributed by atoms with E-state index in [0.717, 1.165) is 0 Å². The SMILES string of the molecule is COc1ccc(C(=O)NC(=S)Nc2ccc(Cl)c(Cl)c2)cc1OC. The Kier molecular flexibility index (Phi) is 6.25. The Bertz CT molecular complexity index is 784. The Morgan fingerprint density at radius 2 is 1.71 bits per heavy atom. The molecule has 2 aromatic carbocycles. The molecule has 0 saturated heterocycles. The minimum atomic E-state index is -0.381. The van der Waals surface area contributed by atoms with Crippen LogP contribution in [-0.4, -0.2) is 25.2 Å². The summed E-state index contributed by atoms with van der Waals surface area (Å²) in [4.78, 5) is 12.3. The fraction of sp³-hybridized carbons (Fsp3) is 0.125. The summed E-state index contributed by atoms with van der Waals surface area (Å²) in [5.74, 6) is 0.604. The molecule has 126 valence electrons. The van der Waals surface area contributed by atoms with Crippen LogP contribution in [0.5, 0.6) is 11.5 Å². The Hall–Kier alpha value is -2.02.